The molecule has 0 aliphatic heterocycles. The van der Waals surface area contributed by atoms with E-state index in [9.17, 15) is 9.59 Å². The number of carbonyl (C=O) groups excluding carboxylic acids is 2. The summed E-state index contributed by atoms with van der Waals surface area (Å²) in [5.74, 6) is -0.465. The molecule has 0 aromatic carbocycles. The second-order valence-electron chi connectivity index (χ2n) is 4.14. The van der Waals surface area contributed by atoms with E-state index >= 15 is 0 Å². The van der Waals surface area contributed by atoms with Crippen LogP contribution in [0.15, 0.2) is 0 Å². The Morgan fingerprint density at radius 2 is 2.00 bits per heavy atom. The molecule has 0 bridgehead atoms. The maximum Gasteiger partial charge on any atom is 0.329 e. The summed E-state index contributed by atoms with van der Waals surface area (Å²) < 4.78 is 4.54. The molecular weight excluding hydrogens is 228 g/mol. The third-order valence-electron chi connectivity index (χ3n) is 2.28. The third kappa shape index (κ3) is 5.37. The number of hydrogen-bond donors (Lipinski definition) is 3. The number of thiol groups is 1. The second kappa shape index (κ2) is 6.75. The Labute approximate surface area is 102 Å². The van der Waals surface area contributed by atoms with Gasteiger partial charge in [-0.25, -0.2) is 4.79 Å². The van der Waals surface area contributed by atoms with Crippen LogP contribution in [0.3, 0.4) is 0 Å². The van der Waals surface area contributed by atoms with E-state index in [1.54, 1.807) is 7.05 Å². The van der Waals surface area contributed by atoms with Crippen molar-refractivity contribution in [3.05, 3.63) is 0 Å². The predicted octanol–water partition coefficient (Wildman–Crippen LogP) is -0.0379. The van der Waals surface area contributed by atoms with Crippen LogP contribution < -0.4 is 10.6 Å². The van der Waals surface area contributed by atoms with Crippen molar-refractivity contribution in [2.75, 3.05) is 19.9 Å². The van der Waals surface area contributed by atoms with Crippen molar-refractivity contribution < 1.29 is 14.3 Å². The average Bonchev–Trinajstić information content (AvgIpc) is 2.24. The highest BCUT2D eigenvalue weighted by molar-refractivity contribution is 7.80. The summed E-state index contributed by atoms with van der Waals surface area (Å²) in [5, 5.41) is 5.59. The van der Waals surface area contributed by atoms with Crippen LogP contribution in [0.5, 0.6) is 0 Å². The molecule has 0 spiro atoms. The third-order valence-corrected chi connectivity index (χ3v) is 2.65. The molecule has 0 heterocycles. The molecular formula is C10H20N2O3S. The van der Waals surface area contributed by atoms with E-state index in [1.807, 2.05) is 13.8 Å². The Morgan fingerprint density at radius 1 is 1.44 bits per heavy atom. The lowest BCUT2D eigenvalue weighted by Gasteiger charge is -2.24. The zero-order chi connectivity index (χ0) is 12.8. The highest BCUT2D eigenvalue weighted by Gasteiger charge is 2.24. The van der Waals surface area contributed by atoms with Gasteiger partial charge in [0.25, 0.3) is 0 Å². The van der Waals surface area contributed by atoms with Gasteiger partial charge in [-0.15, -0.1) is 0 Å². The molecule has 16 heavy (non-hydrogen) atoms. The quantitative estimate of drug-likeness (QED) is 0.456. The molecule has 1 amide bonds. The molecule has 1 unspecified atom stereocenters. The van der Waals surface area contributed by atoms with E-state index in [-0.39, 0.29) is 23.6 Å². The number of ether oxygens (including phenoxy) is 1. The van der Waals surface area contributed by atoms with E-state index in [2.05, 4.69) is 28.0 Å². The van der Waals surface area contributed by atoms with Gasteiger partial charge in [-0.3, -0.25) is 4.79 Å². The summed E-state index contributed by atoms with van der Waals surface area (Å²) in [5.41, 5.74) is -0.304. The number of carbonyl (C=O) groups is 2. The zero-order valence-corrected chi connectivity index (χ0v) is 11.1. The lowest BCUT2D eigenvalue weighted by Crippen LogP contribution is -2.47. The Balaban J connectivity index is 4.27. The number of hydrogen-bond acceptors (Lipinski definition) is 5. The first-order chi connectivity index (χ1) is 7.36. The minimum absolute atomic E-state index is 0.205. The van der Waals surface area contributed by atoms with Gasteiger partial charge in [0.1, 0.15) is 6.04 Å². The van der Waals surface area contributed by atoms with Crippen molar-refractivity contribution in [3.8, 4) is 0 Å². The first-order valence-corrected chi connectivity index (χ1v) is 5.66. The maximum absolute atomic E-state index is 11.6. The van der Waals surface area contributed by atoms with Gasteiger partial charge in [0, 0.05) is 17.7 Å². The standard InChI is InChI=1S/C10H20N2O3S/c1-10(2,11-3)5-8(13)12-7(6-16)9(14)15-4/h7,11,16H,5-6H2,1-4H3,(H,12,13). The van der Waals surface area contributed by atoms with Crippen LogP contribution in [-0.2, 0) is 14.3 Å². The van der Waals surface area contributed by atoms with Crippen molar-refractivity contribution in [1.29, 1.82) is 0 Å². The number of rotatable bonds is 6. The number of methoxy groups -OCH3 is 1. The molecule has 0 fully saturated rings. The Bertz CT molecular complexity index is 256. The molecule has 1 atom stereocenters. The minimum Gasteiger partial charge on any atom is -0.467 e. The molecule has 94 valence electrons. The summed E-state index contributed by atoms with van der Waals surface area (Å²) in [4.78, 5) is 22.8. The van der Waals surface area contributed by atoms with Gasteiger partial charge in [0.2, 0.25) is 5.91 Å². The second-order valence-corrected chi connectivity index (χ2v) is 4.50. The van der Waals surface area contributed by atoms with Gasteiger partial charge >= 0.3 is 5.97 Å². The lowest BCUT2D eigenvalue weighted by molar-refractivity contribution is -0.144. The van der Waals surface area contributed by atoms with Crippen LogP contribution in [0.4, 0.5) is 0 Å². The Hall–Kier alpha value is -0.750. The molecule has 0 aromatic heterocycles. The van der Waals surface area contributed by atoms with E-state index in [0.29, 0.717) is 0 Å². The first-order valence-electron chi connectivity index (χ1n) is 5.03. The summed E-state index contributed by atoms with van der Waals surface area (Å²) in [7, 11) is 3.06. The highest BCUT2D eigenvalue weighted by Crippen LogP contribution is 2.07. The van der Waals surface area contributed by atoms with Crippen LogP contribution >= 0.6 is 12.6 Å². The average molecular weight is 248 g/mol. The topological polar surface area (TPSA) is 67.4 Å². The van der Waals surface area contributed by atoms with Crippen LogP contribution in [0.25, 0.3) is 0 Å². The van der Waals surface area contributed by atoms with Crippen molar-refractivity contribution >= 4 is 24.5 Å². The van der Waals surface area contributed by atoms with Gasteiger partial charge < -0.3 is 15.4 Å². The van der Waals surface area contributed by atoms with Crippen molar-refractivity contribution in [2.45, 2.75) is 31.8 Å². The van der Waals surface area contributed by atoms with Gasteiger partial charge in [0.05, 0.1) is 7.11 Å². The van der Waals surface area contributed by atoms with Crippen LogP contribution in [0, 0.1) is 0 Å². The fourth-order valence-corrected chi connectivity index (χ4v) is 1.30. The number of amides is 1. The Kier molecular flexibility index (Phi) is 6.43. The van der Waals surface area contributed by atoms with E-state index < -0.39 is 12.0 Å². The summed E-state index contributed by atoms with van der Waals surface area (Å²) in [6.07, 6.45) is 0.283. The molecule has 6 heteroatoms. The van der Waals surface area contributed by atoms with E-state index in [0.717, 1.165) is 0 Å². The van der Waals surface area contributed by atoms with Gasteiger partial charge in [-0.05, 0) is 20.9 Å². The summed E-state index contributed by atoms with van der Waals surface area (Å²) in [6.45, 7) is 3.81. The van der Waals surface area contributed by atoms with Gasteiger partial charge in [-0.1, -0.05) is 0 Å². The molecule has 0 radical (unpaired) electrons. The van der Waals surface area contributed by atoms with Crippen LogP contribution in [-0.4, -0.2) is 43.4 Å². The predicted molar refractivity (Wildman–Crippen MR) is 65.6 cm³/mol. The summed E-state index contributed by atoms with van der Waals surface area (Å²) >= 11 is 3.99. The molecule has 0 aliphatic carbocycles. The number of nitrogens with one attached hydrogen (secondary N) is 2. The van der Waals surface area contributed by atoms with Crippen LogP contribution in [0.2, 0.25) is 0 Å². The Morgan fingerprint density at radius 3 is 2.38 bits per heavy atom. The smallest absolute Gasteiger partial charge is 0.329 e. The normalized spacial score (nSPS) is 13.1. The molecule has 0 saturated heterocycles. The van der Waals surface area contributed by atoms with Crippen molar-refractivity contribution in [2.24, 2.45) is 0 Å². The fourth-order valence-electron chi connectivity index (χ4n) is 1.06. The maximum atomic E-state index is 11.6. The van der Waals surface area contributed by atoms with Crippen molar-refractivity contribution in [1.82, 2.24) is 10.6 Å². The SMILES string of the molecule is CNC(C)(C)CC(=O)NC(CS)C(=O)OC. The number of esters is 1. The molecule has 0 aromatic rings. The van der Waals surface area contributed by atoms with Crippen LogP contribution in [0.1, 0.15) is 20.3 Å². The fraction of sp³-hybridized carbons (Fsp3) is 0.800. The molecule has 0 rings (SSSR count). The molecule has 5 nitrogen and oxygen atoms in total. The first kappa shape index (κ1) is 15.2. The van der Waals surface area contributed by atoms with Crippen molar-refractivity contribution in [3.63, 3.8) is 0 Å². The zero-order valence-electron chi connectivity index (χ0n) is 10.2. The van der Waals surface area contributed by atoms with E-state index in [1.165, 1.54) is 7.11 Å². The molecule has 2 N–H and O–H groups in total. The largest absolute Gasteiger partial charge is 0.467 e. The molecule has 0 saturated carbocycles. The van der Waals surface area contributed by atoms with E-state index in [4.69, 9.17) is 0 Å². The molecule has 0 aliphatic rings. The monoisotopic (exact) mass is 248 g/mol. The van der Waals surface area contributed by atoms with Gasteiger partial charge in [-0.2, -0.15) is 12.6 Å². The minimum atomic E-state index is -0.687. The summed E-state index contributed by atoms with van der Waals surface area (Å²) in [6, 6.07) is -0.687. The van der Waals surface area contributed by atoms with Gasteiger partial charge in [0.15, 0.2) is 0 Å². The highest BCUT2D eigenvalue weighted by atomic mass is 32.1. The lowest BCUT2D eigenvalue weighted by atomic mass is 10.0.